The lowest BCUT2D eigenvalue weighted by molar-refractivity contribution is -0.118. The third-order valence-electron chi connectivity index (χ3n) is 8.01. The van der Waals surface area contributed by atoms with E-state index in [-0.39, 0.29) is 17.0 Å². The number of ketones is 1. The first-order chi connectivity index (χ1) is 19.4. The Kier molecular flexibility index (Phi) is 7.80. The minimum Gasteiger partial charge on any atom is -0.384 e. The van der Waals surface area contributed by atoms with Gasteiger partial charge in [0.2, 0.25) is 0 Å². The monoisotopic (exact) mass is 585 g/mol. The van der Waals surface area contributed by atoms with Gasteiger partial charge in [-0.05, 0) is 91.3 Å². The molecule has 0 amide bonds. The molecule has 0 bridgehead atoms. The third-order valence-corrected chi connectivity index (χ3v) is 9.48. The van der Waals surface area contributed by atoms with Gasteiger partial charge in [0.05, 0.1) is 17.6 Å². The van der Waals surface area contributed by atoms with Crippen molar-refractivity contribution >= 4 is 34.8 Å². The Bertz CT molecular complexity index is 1670. The van der Waals surface area contributed by atoms with Gasteiger partial charge in [0.25, 0.3) is 0 Å². The maximum atomic E-state index is 14.0. The van der Waals surface area contributed by atoms with Gasteiger partial charge in [0.15, 0.2) is 5.78 Å². The molecule has 3 aromatic rings. The number of hydrogen-bond donors (Lipinski definition) is 1. The second-order valence-electron chi connectivity index (χ2n) is 11.8. The average Bonchev–Trinajstić information content (AvgIpc) is 2.90. The van der Waals surface area contributed by atoms with Crippen LogP contribution in [0.5, 0.6) is 0 Å². The number of allylic oxidation sites excluding steroid dienone is 3. The molecule has 1 aliphatic heterocycles. The predicted molar refractivity (Wildman–Crippen MR) is 165 cm³/mol. The Morgan fingerprint density at radius 1 is 1.10 bits per heavy atom. The molecule has 0 saturated carbocycles. The van der Waals surface area contributed by atoms with E-state index in [1.165, 1.54) is 12.1 Å². The Balaban J connectivity index is 1.67. The molecule has 3 aromatic carbocycles. The average molecular weight is 586 g/mol. The minimum atomic E-state index is -0.565. The Morgan fingerprint density at radius 3 is 2.46 bits per heavy atom. The summed E-state index contributed by atoms with van der Waals surface area (Å²) in [5.41, 5.74) is 14.2. The van der Waals surface area contributed by atoms with Gasteiger partial charge in [-0.1, -0.05) is 49.2 Å². The first kappa shape index (κ1) is 29.0. The number of thioether (sulfide) groups is 1. The fourth-order valence-corrected chi connectivity index (χ4v) is 7.07. The van der Waals surface area contributed by atoms with E-state index in [0.29, 0.717) is 40.6 Å². The number of nitriles is 1. The second-order valence-corrected chi connectivity index (χ2v) is 13.3. The van der Waals surface area contributed by atoms with Crippen molar-refractivity contribution in [2.75, 3.05) is 4.90 Å². The van der Waals surface area contributed by atoms with Gasteiger partial charge in [-0.3, -0.25) is 9.69 Å². The van der Waals surface area contributed by atoms with Gasteiger partial charge in [-0.25, -0.2) is 4.39 Å². The Hall–Kier alpha value is -3.53. The molecule has 4 nitrogen and oxygen atoms in total. The number of benzene rings is 3. The van der Waals surface area contributed by atoms with Crippen molar-refractivity contribution in [3.05, 3.63) is 116 Å². The van der Waals surface area contributed by atoms with Crippen LogP contribution in [-0.4, -0.2) is 5.78 Å². The lowest BCUT2D eigenvalue weighted by Gasteiger charge is -2.44. The van der Waals surface area contributed by atoms with Crippen molar-refractivity contribution in [3.8, 4) is 6.07 Å². The maximum absolute atomic E-state index is 14.0. The molecule has 0 aromatic heterocycles. The van der Waals surface area contributed by atoms with Crippen molar-refractivity contribution in [2.24, 2.45) is 11.1 Å². The Morgan fingerprint density at radius 2 is 1.80 bits per heavy atom. The summed E-state index contributed by atoms with van der Waals surface area (Å²) in [7, 11) is 0. The summed E-state index contributed by atoms with van der Waals surface area (Å²) in [5, 5.41) is 11.1. The molecular weight excluding hydrogens is 553 g/mol. The highest BCUT2D eigenvalue weighted by atomic mass is 35.5. The SMILES string of the molecule is Cc1cc(CSc2ccc(F)cc2)c(C)c(C2C(C#N)=C(N)N(c3ccc(C)c(Cl)c3)C3=C2C(=O)CC(C)(C)C3)c1. The molecular formula is C34H33ClFN3OS. The first-order valence-corrected chi connectivity index (χ1v) is 15.0. The number of Topliss-reactive ketones (excluding diaryl/α,β-unsaturated/α-hetero) is 1. The van der Waals surface area contributed by atoms with Gasteiger partial charge < -0.3 is 5.73 Å². The zero-order chi connectivity index (χ0) is 29.6. The second kappa shape index (κ2) is 11.0. The van der Waals surface area contributed by atoms with E-state index in [9.17, 15) is 14.4 Å². The summed E-state index contributed by atoms with van der Waals surface area (Å²) in [4.78, 5) is 16.8. The lowest BCUT2D eigenvalue weighted by Crippen LogP contribution is -2.42. The van der Waals surface area contributed by atoms with E-state index in [0.717, 1.165) is 44.1 Å². The number of nitrogens with zero attached hydrogens (tertiary/aromatic N) is 2. The highest BCUT2D eigenvalue weighted by Gasteiger charge is 2.45. The topological polar surface area (TPSA) is 70.1 Å². The van der Waals surface area contributed by atoms with Crippen LogP contribution in [0.2, 0.25) is 5.02 Å². The predicted octanol–water partition coefficient (Wildman–Crippen LogP) is 8.64. The number of hydrogen-bond acceptors (Lipinski definition) is 5. The molecule has 0 saturated heterocycles. The minimum absolute atomic E-state index is 0.0350. The number of rotatable bonds is 5. The van der Waals surface area contributed by atoms with Crippen molar-refractivity contribution in [2.45, 2.75) is 64.0 Å². The van der Waals surface area contributed by atoms with Gasteiger partial charge in [0.1, 0.15) is 11.6 Å². The molecule has 210 valence electrons. The van der Waals surface area contributed by atoms with Crippen LogP contribution in [0, 0.1) is 43.3 Å². The molecule has 2 aliphatic rings. The van der Waals surface area contributed by atoms with Crippen LogP contribution in [-0.2, 0) is 10.5 Å². The zero-order valence-corrected chi connectivity index (χ0v) is 25.5. The summed E-state index contributed by atoms with van der Waals surface area (Å²) in [6.45, 7) is 10.2. The largest absolute Gasteiger partial charge is 0.384 e. The normalized spacial score (nSPS) is 18.4. The van der Waals surface area contributed by atoms with E-state index < -0.39 is 5.92 Å². The number of nitrogens with two attached hydrogens (primary N) is 1. The number of carbonyl (C=O) groups is 1. The van der Waals surface area contributed by atoms with Crippen LogP contribution in [0.25, 0.3) is 0 Å². The molecule has 1 unspecified atom stereocenters. The highest BCUT2D eigenvalue weighted by molar-refractivity contribution is 7.98. The molecule has 1 aliphatic carbocycles. The fraction of sp³-hybridized carbons (Fsp3) is 0.294. The molecule has 5 rings (SSSR count). The van der Waals surface area contributed by atoms with Crippen molar-refractivity contribution in [1.82, 2.24) is 0 Å². The molecule has 1 atom stereocenters. The Labute approximate surface area is 250 Å². The molecule has 2 N–H and O–H groups in total. The van der Waals surface area contributed by atoms with Crippen LogP contribution in [0.15, 0.2) is 82.2 Å². The standard InChI is InChI=1S/C34H33ClFN3OS/c1-19-12-22(18-41-25-10-7-23(36)8-11-25)21(3)26(13-19)31-27(17-37)33(38)39(24-9-6-20(2)28(35)14-24)29-15-34(4,5)16-30(40)32(29)31/h6-14,31H,15-16,18,38H2,1-5H3. The summed E-state index contributed by atoms with van der Waals surface area (Å²) < 4.78 is 13.4. The van der Waals surface area contributed by atoms with E-state index >= 15 is 0 Å². The van der Waals surface area contributed by atoms with Crippen LogP contribution in [0.4, 0.5) is 10.1 Å². The molecule has 41 heavy (non-hydrogen) atoms. The van der Waals surface area contributed by atoms with Crippen molar-refractivity contribution in [1.29, 1.82) is 5.26 Å². The molecule has 0 fully saturated rings. The van der Waals surface area contributed by atoms with E-state index in [4.69, 9.17) is 17.3 Å². The van der Waals surface area contributed by atoms with E-state index in [1.54, 1.807) is 23.9 Å². The summed E-state index contributed by atoms with van der Waals surface area (Å²) >= 11 is 8.14. The van der Waals surface area contributed by atoms with E-state index in [2.05, 4.69) is 32.0 Å². The van der Waals surface area contributed by atoms with Crippen LogP contribution in [0.1, 0.15) is 60.4 Å². The van der Waals surface area contributed by atoms with Crippen LogP contribution < -0.4 is 10.6 Å². The van der Waals surface area contributed by atoms with Gasteiger partial charge in [-0.2, -0.15) is 5.26 Å². The van der Waals surface area contributed by atoms with Crippen molar-refractivity contribution in [3.63, 3.8) is 0 Å². The number of carbonyl (C=O) groups excluding carboxylic acids is 1. The van der Waals surface area contributed by atoms with Gasteiger partial charge in [0, 0.05) is 39.0 Å². The van der Waals surface area contributed by atoms with Gasteiger partial charge >= 0.3 is 0 Å². The van der Waals surface area contributed by atoms with Crippen LogP contribution >= 0.6 is 23.4 Å². The number of halogens is 2. The summed E-state index contributed by atoms with van der Waals surface area (Å²) in [6.07, 6.45) is 1.02. The lowest BCUT2D eigenvalue weighted by atomic mass is 9.68. The maximum Gasteiger partial charge on any atom is 0.162 e. The molecule has 0 spiro atoms. The number of anilines is 1. The van der Waals surface area contributed by atoms with Crippen molar-refractivity contribution < 1.29 is 9.18 Å². The smallest absolute Gasteiger partial charge is 0.162 e. The first-order valence-electron chi connectivity index (χ1n) is 13.6. The molecule has 7 heteroatoms. The summed E-state index contributed by atoms with van der Waals surface area (Å²) in [5.74, 6) is 0.198. The van der Waals surface area contributed by atoms with Gasteiger partial charge in [-0.15, -0.1) is 11.8 Å². The molecule has 0 radical (unpaired) electrons. The highest BCUT2D eigenvalue weighted by Crippen LogP contribution is 2.51. The summed E-state index contributed by atoms with van der Waals surface area (Å²) in [6, 6.07) is 18.8. The molecule has 1 heterocycles. The third kappa shape index (κ3) is 5.54. The van der Waals surface area contributed by atoms with E-state index in [1.807, 2.05) is 43.9 Å². The van der Waals surface area contributed by atoms with Crippen LogP contribution in [0.3, 0.4) is 0 Å². The fourth-order valence-electron chi connectivity index (χ4n) is 5.94. The quantitative estimate of drug-likeness (QED) is 0.303. The zero-order valence-electron chi connectivity index (χ0n) is 23.9. The number of aryl methyl sites for hydroxylation is 2.